The van der Waals surface area contributed by atoms with Crippen molar-refractivity contribution in [3.05, 3.63) is 80.2 Å². The molecule has 5 nitrogen and oxygen atoms in total. The monoisotopic (exact) mass is 381 g/mol. The number of rotatable bonds is 4. The molecule has 1 heterocycles. The molecule has 6 heteroatoms. The number of anilines is 1. The summed E-state index contributed by atoms with van der Waals surface area (Å²) in [4.78, 5) is 31.7. The Kier molecular flexibility index (Phi) is 5.42. The number of hydrogen-bond acceptors (Lipinski definition) is 3. The Morgan fingerprint density at radius 3 is 2.33 bits per heavy atom. The summed E-state index contributed by atoms with van der Waals surface area (Å²) in [6.45, 7) is 5.91. The SMILES string of the molecule is Cc1cc(C)c(NC(=O)Cc2cnc(-c3ccc(Cl)cc3)[nH]c2=O)c(C)c1. The lowest BCUT2D eigenvalue weighted by Gasteiger charge is -2.12. The van der Waals surface area contributed by atoms with Gasteiger partial charge in [-0.25, -0.2) is 4.98 Å². The molecule has 2 N–H and O–H groups in total. The van der Waals surface area contributed by atoms with Gasteiger partial charge in [0.2, 0.25) is 5.91 Å². The van der Waals surface area contributed by atoms with Crippen molar-refractivity contribution in [2.45, 2.75) is 27.2 Å². The number of hydrogen-bond donors (Lipinski definition) is 2. The van der Waals surface area contributed by atoms with Crippen molar-refractivity contribution < 1.29 is 4.79 Å². The maximum Gasteiger partial charge on any atom is 0.254 e. The van der Waals surface area contributed by atoms with Gasteiger partial charge < -0.3 is 10.3 Å². The Bertz CT molecular complexity index is 1030. The molecule has 0 saturated heterocycles. The third-order valence-electron chi connectivity index (χ3n) is 4.28. The quantitative estimate of drug-likeness (QED) is 0.711. The second-order valence-corrected chi connectivity index (χ2v) is 7.03. The molecule has 0 aliphatic rings. The molecule has 0 bridgehead atoms. The Labute approximate surface area is 162 Å². The van der Waals surface area contributed by atoms with Gasteiger partial charge in [0.15, 0.2) is 0 Å². The van der Waals surface area contributed by atoms with Crippen LogP contribution in [-0.2, 0) is 11.2 Å². The fraction of sp³-hybridized carbons (Fsp3) is 0.190. The lowest BCUT2D eigenvalue weighted by Crippen LogP contribution is -2.22. The van der Waals surface area contributed by atoms with Gasteiger partial charge in [-0.15, -0.1) is 0 Å². The predicted octanol–water partition coefficient (Wildman–Crippen LogP) is 4.20. The average molecular weight is 382 g/mol. The normalized spacial score (nSPS) is 10.7. The van der Waals surface area contributed by atoms with Crippen molar-refractivity contribution in [1.82, 2.24) is 9.97 Å². The summed E-state index contributed by atoms with van der Waals surface area (Å²) >= 11 is 5.87. The first-order valence-electron chi connectivity index (χ1n) is 8.55. The summed E-state index contributed by atoms with van der Waals surface area (Å²) in [7, 11) is 0. The lowest BCUT2D eigenvalue weighted by molar-refractivity contribution is -0.115. The summed E-state index contributed by atoms with van der Waals surface area (Å²) in [6.07, 6.45) is 1.40. The molecule has 0 aliphatic carbocycles. The first kappa shape index (κ1) is 18.9. The number of nitrogens with zero attached hydrogens (tertiary/aromatic N) is 1. The van der Waals surface area contributed by atoms with Crippen LogP contribution in [0.3, 0.4) is 0 Å². The van der Waals surface area contributed by atoms with E-state index in [0.717, 1.165) is 27.9 Å². The number of halogens is 1. The molecular weight excluding hydrogens is 362 g/mol. The van der Waals surface area contributed by atoms with Crippen molar-refractivity contribution in [3.63, 3.8) is 0 Å². The molecule has 3 rings (SSSR count). The van der Waals surface area contributed by atoms with Crippen LogP contribution in [0.5, 0.6) is 0 Å². The smallest absolute Gasteiger partial charge is 0.254 e. The van der Waals surface area contributed by atoms with Crippen LogP contribution in [0, 0.1) is 20.8 Å². The Balaban J connectivity index is 1.77. The molecule has 0 radical (unpaired) electrons. The van der Waals surface area contributed by atoms with E-state index in [1.165, 1.54) is 6.20 Å². The van der Waals surface area contributed by atoms with Crippen LogP contribution in [0.1, 0.15) is 22.3 Å². The van der Waals surface area contributed by atoms with Crippen molar-refractivity contribution >= 4 is 23.2 Å². The van der Waals surface area contributed by atoms with E-state index >= 15 is 0 Å². The zero-order valence-corrected chi connectivity index (χ0v) is 16.1. The third-order valence-corrected chi connectivity index (χ3v) is 4.54. The van der Waals surface area contributed by atoms with Crippen LogP contribution in [0.4, 0.5) is 5.69 Å². The highest BCUT2D eigenvalue weighted by Crippen LogP contribution is 2.22. The van der Waals surface area contributed by atoms with Crippen LogP contribution in [0.25, 0.3) is 11.4 Å². The van der Waals surface area contributed by atoms with E-state index in [0.29, 0.717) is 16.4 Å². The molecule has 138 valence electrons. The average Bonchev–Trinajstić information content (AvgIpc) is 2.60. The molecule has 0 spiro atoms. The largest absolute Gasteiger partial charge is 0.325 e. The molecule has 1 aromatic heterocycles. The van der Waals surface area contributed by atoms with Gasteiger partial charge in [0.05, 0.1) is 6.42 Å². The van der Waals surface area contributed by atoms with E-state index in [1.807, 2.05) is 32.9 Å². The number of H-pyrrole nitrogens is 1. The number of aromatic amines is 1. The minimum atomic E-state index is -0.331. The van der Waals surface area contributed by atoms with Gasteiger partial charge in [0.25, 0.3) is 5.56 Å². The van der Waals surface area contributed by atoms with Crippen LogP contribution < -0.4 is 10.9 Å². The highest BCUT2D eigenvalue weighted by molar-refractivity contribution is 6.30. The standard InChI is InChI=1S/C21H20ClN3O2/c1-12-8-13(2)19(14(3)9-12)24-18(26)10-16-11-23-20(25-21(16)27)15-4-6-17(22)7-5-15/h4-9,11H,10H2,1-3H3,(H,24,26)(H,23,25,27). The highest BCUT2D eigenvalue weighted by Gasteiger charge is 2.12. The first-order chi connectivity index (χ1) is 12.8. The molecule has 0 unspecified atom stereocenters. The minimum absolute atomic E-state index is 0.0456. The summed E-state index contributed by atoms with van der Waals surface area (Å²) in [5.74, 6) is 0.183. The molecule has 3 aromatic rings. The van der Waals surface area contributed by atoms with Gasteiger partial charge in [0.1, 0.15) is 5.82 Å². The van der Waals surface area contributed by atoms with Crippen LogP contribution in [0.2, 0.25) is 5.02 Å². The minimum Gasteiger partial charge on any atom is -0.325 e. The topological polar surface area (TPSA) is 74.8 Å². The second kappa shape index (κ2) is 7.76. The maximum absolute atomic E-state index is 12.4. The number of benzene rings is 2. The van der Waals surface area contributed by atoms with Crippen molar-refractivity contribution in [3.8, 4) is 11.4 Å². The number of nitrogens with one attached hydrogen (secondary N) is 2. The van der Waals surface area contributed by atoms with E-state index in [1.54, 1.807) is 24.3 Å². The van der Waals surface area contributed by atoms with Gasteiger partial charge >= 0.3 is 0 Å². The Hall–Kier alpha value is -2.92. The number of aromatic nitrogens is 2. The van der Waals surface area contributed by atoms with Gasteiger partial charge in [-0.3, -0.25) is 9.59 Å². The van der Waals surface area contributed by atoms with Gasteiger partial charge in [-0.2, -0.15) is 0 Å². The molecule has 0 saturated carbocycles. The molecular formula is C21H20ClN3O2. The van der Waals surface area contributed by atoms with E-state index < -0.39 is 0 Å². The number of amides is 1. The van der Waals surface area contributed by atoms with E-state index in [-0.39, 0.29) is 17.9 Å². The fourth-order valence-electron chi connectivity index (χ4n) is 3.04. The summed E-state index contributed by atoms with van der Waals surface area (Å²) in [5.41, 5.74) is 4.64. The summed E-state index contributed by atoms with van der Waals surface area (Å²) < 4.78 is 0. The Morgan fingerprint density at radius 1 is 1.11 bits per heavy atom. The number of carbonyl (C=O) groups is 1. The van der Waals surface area contributed by atoms with Crippen molar-refractivity contribution in [2.75, 3.05) is 5.32 Å². The lowest BCUT2D eigenvalue weighted by atomic mass is 10.0. The molecule has 27 heavy (non-hydrogen) atoms. The van der Waals surface area contributed by atoms with Crippen LogP contribution >= 0.6 is 11.6 Å². The molecule has 0 atom stereocenters. The highest BCUT2D eigenvalue weighted by atomic mass is 35.5. The first-order valence-corrected chi connectivity index (χ1v) is 8.93. The van der Waals surface area contributed by atoms with Crippen molar-refractivity contribution in [1.29, 1.82) is 0 Å². The third kappa shape index (κ3) is 4.44. The van der Waals surface area contributed by atoms with Gasteiger partial charge in [-0.05, 0) is 56.2 Å². The zero-order chi connectivity index (χ0) is 19.6. The maximum atomic E-state index is 12.4. The van der Waals surface area contributed by atoms with Crippen LogP contribution in [0.15, 0.2) is 47.4 Å². The number of aryl methyl sites for hydroxylation is 3. The van der Waals surface area contributed by atoms with Gasteiger partial charge in [-0.1, -0.05) is 29.3 Å². The van der Waals surface area contributed by atoms with Crippen LogP contribution in [-0.4, -0.2) is 15.9 Å². The molecule has 2 aromatic carbocycles. The second-order valence-electron chi connectivity index (χ2n) is 6.59. The predicted molar refractivity (Wildman–Crippen MR) is 108 cm³/mol. The Morgan fingerprint density at radius 2 is 1.74 bits per heavy atom. The van der Waals surface area contributed by atoms with E-state index in [4.69, 9.17) is 11.6 Å². The van der Waals surface area contributed by atoms with Gasteiger partial charge in [0, 0.05) is 28.0 Å². The number of carbonyl (C=O) groups excluding carboxylic acids is 1. The van der Waals surface area contributed by atoms with E-state index in [2.05, 4.69) is 15.3 Å². The summed E-state index contributed by atoms with van der Waals surface area (Å²) in [6, 6.07) is 11.0. The molecule has 0 fully saturated rings. The fourth-order valence-corrected chi connectivity index (χ4v) is 3.16. The van der Waals surface area contributed by atoms with Crippen molar-refractivity contribution in [2.24, 2.45) is 0 Å². The molecule has 0 aliphatic heterocycles. The zero-order valence-electron chi connectivity index (χ0n) is 15.4. The summed E-state index contributed by atoms with van der Waals surface area (Å²) in [5, 5.41) is 3.51. The molecule has 1 amide bonds. The van der Waals surface area contributed by atoms with E-state index in [9.17, 15) is 9.59 Å².